The Labute approximate surface area is 262 Å². The second-order valence-corrected chi connectivity index (χ2v) is 10.3. The van der Waals surface area contributed by atoms with Gasteiger partial charge in [0, 0.05) is 22.6 Å². The fraction of sp³-hybridized carbons (Fsp3) is 0. The van der Waals surface area contributed by atoms with E-state index in [1.54, 1.807) is 30.3 Å². The molecule has 0 saturated heterocycles. The number of benzene rings is 6. The van der Waals surface area contributed by atoms with Crippen LogP contribution in [0.4, 0.5) is 28.4 Å². The van der Waals surface area contributed by atoms with E-state index in [1.807, 2.05) is 60.7 Å². The lowest BCUT2D eigenvalue weighted by Crippen LogP contribution is -2.09. The van der Waals surface area contributed by atoms with E-state index in [0.717, 1.165) is 50.4 Å². The predicted octanol–water partition coefficient (Wildman–Crippen LogP) is 11.0. The monoisotopic (exact) mass is 573 g/mol. The lowest BCUT2D eigenvalue weighted by atomic mass is 10.0. The van der Waals surface area contributed by atoms with E-state index in [9.17, 15) is 10.5 Å². The zero-order valence-corrected chi connectivity index (χ0v) is 24.0. The fourth-order valence-electron chi connectivity index (χ4n) is 5.29. The molecule has 0 saturated carbocycles. The minimum atomic E-state index is 0.428. The molecule has 0 unspecified atom stereocenters. The molecule has 0 amide bonds. The van der Waals surface area contributed by atoms with Crippen LogP contribution in [0.5, 0.6) is 0 Å². The molecule has 5 heteroatoms. The zero-order valence-electron chi connectivity index (χ0n) is 24.0. The van der Waals surface area contributed by atoms with Gasteiger partial charge in [0.15, 0.2) is 11.4 Å². The molecule has 208 valence electrons. The number of nitriles is 2. The quantitative estimate of drug-likeness (QED) is 0.186. The Morgan fingerprint density at radius 2 is 0.867 bits per heavy atom. The van der Waals surface area contributed by atoms with Crippen molar-refractivity contribution in [2.24, 2.45) is 0 Å². The summed E-state index contributed by atoms with van der Waals surface area (Å²) in [5.41, 5.74) is 10.6. The maximum atomic E-state index is 9.45. The normalized spacial score (nSPS) is 10.1. The molecule has 45 heavy (non-hydrogen) atoms. The summed E-state index contributed by atoms with van der Waals surface area (Å²) in [5, 5.41) is 18.8. The number of hydrogen-bond acceptors (Lipinski definition) is 3. The highest BCUT2D eigenvalue weighted by Crippen LogP contribution is 2.38. The average Bonchev–Trinajstić information content (AvgIpc) is 3.12. The van der Waals surface area contributed by atoms with Crippen molar-refractivity contribution in [3.63, 3.8) is 0 Å². The summed E-state index contributed by atoms with van der Waals surface area (Å²) in [6, 6.07) is 49.2. The van der Waals surface area contributed by atoms with Gasteiger partial charge in [-0.25, -0.2) is 9.69 Å². The number of nitrogens with zero attached hydrogens (tertiary/aromatic N) is 5. The molecule has 0 aliphatic rings. The van der Waals surface area contributed by atoms with Crippen molar-refractivity contribution < 1.29 is 0 Å². The molecule has 0 aromatic heterocycles. The molecule has 6 aromatic rings. The topological polar surface area (TPSA) is 59.5 Å². The van der Waals surface area contributed by atoms with Gasteiger partial charge in [-0.15, -0.1) is 0 Å². The lowest BCUT2D eigenvalue weighted by molar-refractivity contribution is 1.28. The second kappa shape index (κ2) is 12.5. The van der Waals surface area contributed by atoms with E-state index in [1.165, 1.54) is 0 Å². The molecule has 0 heterocycles. The maximum Gasteiger partial charge on any atom is 0.189 e. The van der Waals surface area contributed by atoms with Crippen molar-refractivity contribution in [3.05, 3.63) is 173 Å². The predicted molar refractivity (Wildman–Crippen MR) is 179 cm³/mol. The van der Waals surface area contributed by atoms with Crippen LogP contribution >= 0.6 is 0 Å². The molecule has 0 atom stereocenters. The fourth-order valence-corrected chi connectivity index (χ4v) is 5.29. The van der Waals surface area contributed by atoms with Crippen LogP contribution < -0.4 is 4.90 Å². The van der Waals surface area contributed by atoms with Crippen molar-refractivity contribution in [1.82, 2.24) is 0 Å². The summed E-state index contributed by atoms with van der Waals surface area (Å²) in [6.07, 6.45) is 0. The molecule has 0 N–H and O–H groups in total. The van der Waals surface area contributed by atoms with Crippen molar-refractivity contribution in [1.29, 1.82) is 10.5 Å². The Kier molecular flexibility index (Phi) is 7.85. The van der Waals surface area contributed by atoms with Crippen LogP contribution in [-0.4, -0.2) is 0 Å². The van der Waals surface area contributed by atoms with Crippen molar-refractivity contribution in [3.8, 4) is 45.5 Å². The third-order valence-electron chi connectivity index (χ3n) is 7.52. The third-order valence-corrected chi connectivity index (χ3v) is 7.52. The van der Waals surface area contributed by atoms with E-state index in [2.05, 4.69) is 75.3 Å². The molecule has 0 spiro atoms. The van der Waals surface area contributed by atoms with Gasteiger partial charge in [0.05, 0.1) is 30.8 Å². The van der Waals surface area contributed by atoms with Crippen LogP contribution in [0.2, 0.25) is 0 Å². The van der Waals surface area contributed by atoms with Gasteiger partial charge in [-0.3, -0.25) is 0 Å². The summed E-state index contributed by atoms with van der Waals surface area (Å²) < 4.78 is 0. The molecule has 0 aliphatic carbocycles. The van der Waals surface area contributed by atoms with Crippen molar-refractivity contribution in [2.45, 2.75) is 0 Å². The molecule has 6 aromatic carbocycles. The van der Waals surface area contributed by atoms with Gasteiger partial charge in [0.1, 0.15) is 0 Å². The standard InChI is InChI=1S/C40H23N5/c1-43-36-8-4-7-34(24-36)31-11-17-39(18-12-31)45(38-15-9-30(10-16-38)33-6-3-5-28(21-33)26-41)40-19-13-32(14-20-40)35-22-29(27-42)23-37(25-35)44-2/h3-25H. The molecular formula is C40H23N5. The summed E-state index contributed by atoms with van der Waals surface area (Å²) in [6.45, 7) is 14.8. The largest absolute Gasteiger partial charge is 0.311 e. The Balaban J connectivity index is 1.40. The first-order valence-electron chi connectivity index (χ1n) is 14.1. The van der Waals surface area contributed by atoms with Crippen LogP contribution in [0.15, 0.2) is 140 Å². The molecule has 5 nitrogen and oxygen atoms in total. The highest BCUT2D eigenvalue weighted by molar-refractivity contribution is 5.82. The van der Waals surface area contributed by atoms with Crippen LogP contribution in [0, 0.1) is 35.8 Å². The maximum absolute atomic E-state index is 9.45. The minimum absolute atomic E-state index is 0.428. The number of anilines is 3. The van der Waals surface area contributed by atoms with E-state index in [-0.39, 0.29) is 0 Å². The highest BCUT2D eigenvalue weighted by Gasteiger charge is 2.14. The molecular weight excluding hydrogens is 550 g/mol. The number of rotatable bonds is 6. The Bertz CT molecular complexity index is 2050. The van der Waals surface area contributed by atoms with Crippen molar-refractivity contribution >= 4 is 28.4 Å². The van der Waals surface area contributed by atoms with Gasteiger partial charge in [-0.1, -0.05) is 66.7 Å². The number of hydrogen-bond donors (Lipinski definition) is 0. The van der Waals surface area contributed by atoms with Gasteiger partial charge in [0.2, 0.25) is 0 Å². The van der Waals surface area contributed by atoms with Gasteiger partial charge in [-0.05, 0) is 106 Å². The van der Waals surface area contributed by atoms with Gasteiger partial charge in [0.25, 0.3) is 0 Å². The molecule has 6 rings (SSSR count). The van der Waals surface area contributed by atoms with Crippen molar-refractivity contribution in [2.75, 3.05) is 4.90 Å². The SMILES string of the molecule is [C-]#[N+]c1cccc(-c2ccc(N(c3ccc(-c4cccc(C#N)c4)cc3)c3ccc(-c4cc(C#N)cc([N+]#[C-])c4)cc3)cc2)c1. The Morgan fingerprint density at radius 1 is 0.422 bits per heavy atom. The van der Waals surface area contributed by atoms with Crippen LogP contribution in [0.3, 0.4) is 0 Å². The van der Waals surface area contributed by atoms with Gasteiger partial charge >= 0.3 is 0 Å². The second-order valence-electron chi connectivity index (χ2n) is 10.3. The van der Waals surface area contributed by atoms with Gasteiger partial charge in [-0.2, -0.15) is 10.5 Å². The van der Waals surface area contributed by atoms with Crippen LogP contribution in [0.25, 0.3) is 43.1 Å². The first-order chi connectivity index (χ1) is 22.1. The molecule has 0 fully saturated rings. The zero-order chi connectivity index (χ0) is 31.2. The van der Waals surface area contributed by atoms with Gasteiger partial charge < -0.3 is 4.90 Å². The summed E-state index contributed by atoms with van der Waals surface area (Å²) in [7, 11) is 0. The van der Waals surface area contributed by atoms with E-state index in [0.29, 0.717) is 22.5 Å². The third kappa shape index (κ3) is 6.02. The first-order valence-corrected chi connectivity index (χ1v) is 14.1. The Morgan fingerprint density at radius 3 is 1.38 bits per heavy atom. The van der Waals surface area contributed by atoms with E-state index >= 15 is 0 Å². The molecule has 0 bridgehead atoms. The molecule has 0 aliphatic heterocycles. The summed E-state index contributed by atoms with van der Waals surface area (Å²) >= 11 is 0. The average molecular weight is 574 g/mol. The highest BCUT2D eigenvalue weighted by atomic mass is 15.1. The lowest BCUT2D eigenvalue weighted by Gasteiger charge is -2.26. The van der Waals surface area contributed by atoms with E-state index < -0.39 is 0 Å². The van der Waals surface area contributed by atoms with Crippen LogP contribution in [-0.2, 0) is 0 Å². The Hall–Kier alpha value is -6.92. The minimum Gasteiger partial charge on any atom is -0.311 e. The smallest absolute Gasteiger partial charge is 0.189 e. The molecule has 0 radical (unpaired) electrons. The summed E-state index contributed by atoms with van der Waals surface area (Å²) in [5.74, 6) is 0. The summed E-state index contributed by atoms with van der Waals surface area (Å²) in [4.78, 5) is 9.25. The van der Waals surface area contributed by atoms with Crippen LogP contribution in [0.1, 0.15) is 11.1 Å². The van der Waals surface area contributed by atoms with E-state index in [4.69, 9.17) is 13.1 Å². The first kappa shape index (κ1) is 28.2.